The number of aliphatic hydroxyl groups excluding tert-OH is 2. The van der Waals surface area contributed by atoms with Crippen LogP contribution in [-0.4, -0.2) is 45.3 Å². The Balaban J connectivity index is 2.54. The summed E-state index contributed by atoms with van der Waals surface area (Å²) in [6.07, 6.45) is -0.643. The van der Waals surface area contributed by atoms with E-state index in [1.807, 2.05) is 0 Å². The minimum absolute atomic E-state index is 0.107. The van der Waals surface area contributed by atoms with Crippen molar-refractivity contribution in [3.63, 3.8) is 0 Å². The number of thiol groups is 1. The van der Waals surface area contributed by atoms with Gasteiger partial charge in [-0.2, -0.15) is 17.7 Å². The van der Waals surface area contributed by atoms with E-state index in [2.05, 4.69) is 22.8 Å². The maximum Gasteiger partial charge on any atom is 0.338 e. The first-order valence-electron chi connectivity index (χ1n) is 5.60. The summed E-state index contributed by atoms with van der Waals surface area (Å²) in [5.41, 5.74) is 1.27. The van der Waals surface area contributed by atoms with Gasteiger partial charge in [0.15, 0.2) is 0 Å². The van der Waals surface area contributed by atoms with Crippen LogP contribution in [0.25, 0.3) is 10.9 Å². The highest BCUT2D eigenvalue weighted by atomic mass is 32.1. The van der Waals surface area contributed by atoms with Gasteiger partial charge in [0.1, 0.15) is 6.10 Å². The van der Waals surface area contributed by atoms with Crippen LogP contribution in [0.4, 0.5) is 0 Å². The number of hydrogen-bond acceptors (Lipinski definition) is 6. The number of esters is 1. The van der Waals surface area contributed by atoms with Crippen molar-refractivity contribution in [2.75, 3.05) is 12.9 Å². The second-order valence-electron chi connectivity index (χ2n) is 4.09. The molecule has 0 amide bonds. The largest absolute Gasteiger partial charge is 0.465 e. The Kier molecular flexibility index (Phi) is 4.08. The number of fused-ring (bicyclic) bond motifs is 1. The van der Waals surface area contributed by atoms with Gasteiger partial charge in [-0.1, -0.05) is 0 Å². The van der Waals surface area contributed by atoms with Crippen LogP contribution in [0.1, 0.15) is 22.0 Å². The lowest BCUT2D eigenvalue weighted by Crippen LogP contribution is -2.20. The lowest BCUT2D eigenvalue weighted by Gasteiger charge is -2.17. The van der Waals surface area contributed by atoms with Crippen molar-refractivity contribution in [2.24, 2.45) is 0 Å². The lowest BCUT2D eigenvalue weighted by atomic mass is 10.00. The second-order valence-corrected chi connectivity index (χ2v) is 4.45. The number of aromatic nitrogens is 2. The van der Waals surface area contributed by atoms with Crippen LogP contribution in [0.5, 0.6) is 0 Å². The summed E-state index contributed by atoms with van der Waals surface area (Å²) in [4.78, 5) is 11.7. The number of carbonyl (C=O) groups excluding carboxylic acids is 1. The van der Waals surface area contributed by atoms with Gasteiger partial charge in [0.05, 0.1) is 30.5 Å². The van der Waals surface area contributed by atoms with Crippen LogP contribution in [-0.2, 0) is 4.74 Å². The lowest BCUT2D eigenvalue weighted by molar-refractivity contribution is 0.0337. The SMILES string of the molecule is COC(=O)c1cc(C(O)C(O)CS)cc2[nH]ncc12. The first-order valence-corrected chi connectivity index (χ1v) is 6.24. The maximum absolute atomic E-state index is 11.7. The number of benzene rings is 1. The summed E-state index contributed by atoms with van der Waals surface area (Å²) in [5, 5.41) is 26.8. The van der Waals surface area contributed by atoms with Crippen LogP contribution < -0.4 is 0 Å². The Hall–Kier alpha value is -1.57. The first-order chi connectivity index (χ1) is 9.08. The Bertz CT molecular complexity index is 598. The molecule has 6 nitrogen and oxygen atoms in total. The van der Waals surface area contributed by atoms with Crippen molar-refractivity contribution in [2.45, 2.75) is 12.2 Å². The molecule has 19 heavy (non-hydrogen) atoms. The quantitative estimate of drug-likeness (QED) is 0.488. The zero-order chi connectivity index (χ0) is 14.0. The molecule has 0 spiro atoms. The number of ether oxygens (including phenoxy) is 1. The minimum Gasteiger partial charge on any atom is -0.465 e. The fourth-order valence-corrected chi connectivity index (χ4v) is 2.04. The third-order valence-corrected chi connectivity index (χ3v) is 3.25. The van der Waals surface area contributed by atoms with Crippen molar-refractivity contribution in [3.8, 4) is 0 Å². The molecule has 3 N–H and O–H groups in total. The number of carbonyl (C=O) groups is 1. The van der Waals surface area contributed by atoms with E-state index in [0.717, 1.165) is 0 Å². The maximum atomic E-state index is 11.7. The van der Waals surface area contributed by atoms with Crippen molar-refractivity contribution >= 4 is 29.5 Å². The van der Waals surface area contributed by atoms with Gasteiger partial charge in [-0.05, 0) is 17.7 Å². The van der Waals surface area contributed by atoms with Crippen LogP contribution in [0, 0.1) is 0 Å². The average molecular weight is 282 g/mol. The fraction of sp³-hybridized carbons (Fsp3) is 0.333. The molecular formula is C12H14N2O4S. The number of nitrogens with one attached hydrogen (secondary N) is 1. The number of H-pyrrole nitrogens is 1. The molecule has 0 saturated heterocycles. The molecule has 0 fully saturated rings. The summed E-state index contributed by atoms with van der Waals surface area (Å²) in [7, 11) is 1.28. The molecule has 1 aromatic heterocycles. The summed E-state index contributed by atoms with van der Waals surface area (Å²) in [6.45, 7) is 0. The molecule has 0 aliphatic rings. The van der Waals surface area contributed by atoms with Gasteiger partial charge in [-0.25, -0.2) is 4.79 Å². The third kappa shape index (κ3) is 2.58. The van der Waals surface area contributed by atoms with Gasteiger partial charge >= 0.3 is 5.97 Å². The van der Waals surface area contributed by atoms with E-state index in [1.54, 1.807) is 6.07 Å². The van der Waals surface area contributed by atoms with Crippen molar-refractivity contribution in [3.05, 3.63) is 29.5 Å². The normalized spacial score (nSPS) is 14.3. The Morgan fingerprint density at radius 3 is 2.89 bits per heavy atom. The number of aliphatic hydroxyl groups is 2. The average Bonchev–Trinajstić information content (AvgIpc) is 2.91. The van der Waals surface area contributed by atoms with Gasteiger partial charge in [0.2, 0.25) is 0 Å². The topological polar surface area (TPSA) is 95.4 Å². The highest BCUT2D eigenvalue weighted by Crippen LogP contribution is 2.25. The minimum atomic E-state index is -1.13. The Morgan fingerprint density at radius 1 is 1.53 bits per heavy atom. The zero-order valence-electron chi connectivity index (χ0n) is 10.2. The molecular weight excluding hydrogens is 268 g/mol. The van der Waals surface area contributed by atoms with Gasteiger partial charge in [0.25, 0.3) is 0 Å². The molecule has 2 unspecified atom stereocenters. The molecule has 0 bridgehead atoms. The molecule has 0 aliphatic heterocycles. The fourth-order valence-electron chi connectivity index (χ4n) is 1.85. The van der Waals surface area contributed by atoms with Crippen LogP contribution in [0.15, 0.2) is 18.3 Å². The van der Waals surface area contributed by atoms with Gasteiger partial charge in [0, 0.05) is 11.1 Å². The molecule has 1 heterocycles. The smallest absolute Gasteiger partial charge is 0.338 e. The van der Waals surface area contributed by atoms with E-state index in [4.69, 9.17) is 4.74 Å². The van der Waals surface area contributed by atoms with Crippen molar-refractivity contribution in [1.82, 2.24) is 10.2 Å². The molecule has 0 saturated carbocycles. The van der Waals surface area contributed by atoms with Crippen molar-refractivity contribution < 1.29 is 19.7 Å². The summed E-state index contributed by atoms with van der Waals surface area (Å²) in [6, 6.07) is 3.12. The summed E-state index contributed by atoms with van der Waals surface area (Å²) >= 11 is 3.93. The molecule has 0 aliphatic carbocycles. The van der Waals surface area contributed by atoms with E-state index in [1.165, 1.54) is 19.4 Å². The molecule has 2 aromatic rings. The van der Waals surface area contributed by atoms with E-state index in [-0.39, 0.29) is 11.3 Å². The first kappa shape index (κ1) is 13.9. The Labute approximate surface area is 114 Å². The monoisotopic (exact) mass is 282 g/mol. The van der Waals surface area contributed by atoms with Crippen LogP contribution in [0.2, 0.25) is 0 Å². The number of hydrogen-bond donors (Lipinski definition) is 4. The number of nitrogens with zero attached hydrogens (tertiary/aromatic N) is 1. The number of aromatic amines is 1. The third-order valence-electron chi connectivity index (χ3n) is 2.88. The standard InChI is InChI=1S/C12H14N2O4S/c1-18-12(17)7-2-6(11(16)10(15)5-19)3-9-8(7)4-13-14-9/h2-4,10-11,15-16,19H,5H2,1H3,(H,13,14). The molecule has 2 rings (SSSR count). The number of rotatable bonds is 4. The molecule has 2 atom stereocenters. The van der Waals surface area contributed by atoms with E-state index >= 15 is 0 Å². The van der Waals surface area contributed by atoms with E-state index in [9.17, 15) is 15.0 Å². The molecule has 7 heteroatoms. The highest BCUT2D eigenvalue weighted by Gasteiger charge is 2.21. The molecule has 0 radical (unpaired) electrons. The zero-order valence-corrected chi connectivity index (χ0v) is 11.1. The predicted octanol–water partition coefficient (Wildman–Crippen LogP) is 0.674. The van der Waals surface area contributed by atoms with Crippen molar-refractivity contribution in [1.29, 1.82) is 0 Å². The predicted molar refractivity (Wildman–Crippen MR) is 72.3 cm³/mol. The Morgan fingerprint density at radius 2 is 2.26 bits per heavy atom. The second kappa shape index (κ2) is 5.60. The van der Waals surface area contributed by atoms with E-state index in [0.29, 0.717) is 16.5 Å². The van der Waals surface area contributed by atoms with Gasteiger partial charge in [-0.15, -0.1) is 0 Å². The summed E-state index contributed by atoms with van der Waals surface area (Å²) in [5.74, 6) is -0.420. The van der Waals surface area contributed by atoms with E-state index < -0.39 is 18.2 Å². The molecule has 102 valence electrons. The summed E-state index contributed by atoms with van der Waals surface area (Å²) < 4.78 is 4.70. The highest BCUT2D eigenvalue weighted by molar-refractivity contribution is 7.80. The number of methoxy groups -OCH3 is 1. The van der Waals surface area contributed by atoms with Crippen LogP contribution >= 0.6 is 12.6 Å². The van der Waals surface area contributed by atoms with Gasteiger partial charge < -0.3 is 14.9 Å². The van der Waals surface area contributed by atoms with Gasteiger partial charge in [-0.3, -0.25) is 5.10 Å². The van der Waals surface area contributed by atoms with Crippen LogP contribution in [0.3, 0.4) is 0 Å². The molecule has 1 aromatic carbocycles.